The fourth-order valence-electron chi connectivity index (χ4n) is 2.71. The number of ether oxygens (including phenoxy) is 2. The monoisotopic (exact) mass is 426 g/mol. The van der Waals surface area contributed by atoms with E-state index in [4.69, 9.17) is 13.9 Å². The number of amides is 1. The van der Waals surface area contributed by atoms with Crippen LogP contribution in [0, 0.1) is 0 Å². The first kappa shape index (κ1) is 20.7. The zero-order valence-electron chi connectivity index (χ0n) is 15.6. The predicted octanol–water partition coefficient (Wildman–Crippen LogP) is 3.68. The van der Waals surface area contributed by atoms with Gasteiger partial charge in [-0.25, -0.2) is 0 Å². The molecule has 0 aliphatic heterocycles. The van der Waals surface area contributed by atoms with Crippen molar-refractivity contribution in [3.63, 3.8) is 0 Å². The van der Waals surface area contributed by atoms with Gasteiger partial charge in [0.2, 0.25) is 0 Å². The molecule has 26 heavy (non-hydrogen) atoms. The number of hydrogen-bond donors (Lipinski definition) is 1. The van der Waals surface area contributed by atoms with Gasteiger partial charge in [0.25, 0.3) is 5.91 Å². The van der Waals surface area contributed by atoms with Gasteiger partial charge in [0.15, 0.2) is 4.67 Å². The van der Waals surface area contributed by atoms with Crippen LogP contribution < -0.4 is 10.1 Å². The number of carbonyl (C=O) groups is 1. The van der Waals surface area contributed by atoms with Crippen molar-refractivity contribution in [2.24, 2.45) is 0 Å². The summed E-state index contributed by atoms with van der Waals surface area (Å²) >= 11 is 3.33. The Balaban J connectivity index is 2.04. The Morgan fingerprint density at radius 3 is 2.69 bits per heavy atom. The second-order valence-electron chi connectivity index (χ2n) is 5.91. The van der Waals surface area contributed by atoms with Crippen molar-refractivity contribution in [2.75, 3.05) is 46.5 Å². The topological polar surface area (TPSA) is 63.9 Å². The molecule has 1 aromatic carbocycles. The molecule has 2 rings (SSSR count). The van der Waals surface area contributed by atoms with Crippen molar-refractivity contribution in [1.82, 2.24) is 10.2 Å². The number of carbonyl (C=O) groups excluding carboxylic acids is 1. The Morgan fingerprint density at radius 2 is 2.00 bits per heavy atom. The zero-order valence-corrected chi connectivity index (χ0v) is 17.2. The minimum Gasteiger partial charge on any atom is -0.490 e. The number of nitrogens with one attached hydrogen (secondary N) is 1. The summed E-state index contributed by atoms with van der Waals surface area (Å²) in [5.74, 6) is 0.484. The van der Waals surface area contributed by atoms with Crippen molar-refractivity contribution < 1.29 is 18.7 Å². The van der Waals surface area contributed by atoms with Crippen LogP contribution in [-0.2, 0) is 4.74 Å². The summed E-state index contributed by atoms with van der Waals surface area (Å²) in [4.78, 5) is 14.8. The molecule has 0 saturated heterocycles. The number of nitrogens with zero attached hydrogens (tertiary/aromatic N) is 1. The molecule has 7 heteroatoms. The number of fused-ring (bicyclic) bond motifs is 1. The Labute approximate surface area is 162 Å². The molecule has 0 spiro atoms. The summed E-state index contributed by atoms with van der Waals surface area (Å²) in [6, 6.07) is 5.33. The van der Waals surface area contributed by atoms with Crippen LogP contribution in [0.3, 0.4) is 0 Å². The maximum absolute atomic E-state index is 12.5. The Bertz CT molecular complexity index is 713. The van der Waals surface area contributed by atoms with Gasteiger partial charge in [-0.1, -0.05) is 13.8 Å². The molecule has 0 unspecified atom stereocenters. The van der Waals surface area contributed by atoms with Crippen molar-refractivity contribution in [1.29, 1.82) is 0 Å². The fourth-order valence-corrected chi connectivity index (χ4v) is 3.11. The van der Waals surface area contributed by atoms with Crippen LogP contribution in [-0.4, -0.2) is 57.3 Å². The van der Waals surface area contributed by atoms with E-state index in [1.54, 1.807) is 19.2 Å². The highest BCUT2D eigenvalue weighted by molar-refractivity contribution is 9.10. The Morgan fingerprint density at radius 1 is 1.23 bits per heavy atom. The molecular formula is C19H27BrN2O4. The van der Waals surface area contributed by atoms with Crippen LogP contribution in [0.15, 0.2) is 27.3 Å². The summed E-state index contributed by atoms with van der Waals surface area (Å²) in [6.07, 6.45) is 0.916. The second kappa shape index (κ2) is 10.5. The molecular weight excluding hydrogens is 400 g/mol. The molecule has 144 valence electrons. The molecule has 0 aliphatic rings. The quantitative estimate of drug-likeness (QED) is 0.555. The van der Waals surface area contributed by atoms with Crippen LogP contribution in [0.25, 0.3) is 11.0 Å². The lowest BCUT2D eigenvalue weighted by atomic mass is 10.1. The van der Waals surface area contributed by atoms with Crippen LogP contribution >= 0.6 is 15.9 Å². The minimum absolute atomic E-state index is 0.129. The predicted molar refractivity (Wildman–Crippen MR) is 106 cm³/mol. The van der Waals surface area contributed by atoms with E-state index in [0.717, 1.165) is 31.4 Å². The van der Waals surface area contributed by atoms with Crippen LogP contribution in [0.1, 0.15) is 30.6 Å². The van der Waals surface area contributed by atoms with E-state index in [-0.39, 0.29) is 5.91 Å². The second-order valence-corrected chi connectivity index (χ2v) is 6.70. The molecule has 1 aromatic heterocycles. The van der Waals surface area contributed by atoms with Gasteiger partial charge in [-0.3, -0.25) is 4.79 Å². The lowest BCUT2D eigenvalue weighted by Gasteiger charge is -2.17. The molecule has 0 radical (unpaired) electrons. The van der Waals surface area contributed by atoms with Gasteiger partial charge in [-0.05, 0) is 54.1 Å². The molecule has 1 N–H and O–H groups in total. The normalized spacial score (nSPS) is 11.3. The molecule has 0 aliphatic carbocycles. The van der Waals surface area contributed by atoms with Gasteiger partial charge in [-0.15, -0.1) is 0 Å². The third-order valence-electron chi connectivity index (χ3n) is 4.21. The third-order valence-corrected chi connectivity index (χ3v) is 4.60. The van der Waals surface area contributed by atoms with Crippen molar-refractivity contribution in [3.05, 3.63) is 28.4 Å². The largest absolute Gasteiger partial charge is 0.490 e. The highest BCUT2D eigenvalue weighted by atomic mass is 79.9. The standard InChI is InChI=1S/C19H27BrN2O4/c1-4-22(5-2)8-6-7-21-19(23)14-11-16(25-10-9-24-3)15-13-18(20)26-17(15)12-14/h11-13H,4-10H2,1-3H3,(H,21,23). The van der Waals surface area contributed by atoms with E-state index in [2.05, 4.69) is 40.0 Å². The maximum Gasteiger partial charge on any atom is 0.251 e. The number of hydrogen-bond acceptors (Lipinski definition) is 5. The van der Waals surface area contributed by atoms with Gasteiger partial charge < -0.3 is 24.1 Å². The minimum atomic E-state index is -0.129. The molecule has 6 nitrogen and oxygen atoms in total. The number of methoxy groups -OCH3 is 1. The van der Waals surface area contributed by atoms with Gasteiger partial charge >= 0.3 is 0 Å². The third kappa shape index (κ3) is 5.72. The first-order valence-corrected chi connectivity index (χ1v) is 9.73. The van der Waals surface area contributed by atoms with Crippen molar-refractivity contribution >= 4 is 32.8 Å². The molecule has 2 aromatic rings. The number of halogens is 1. The van der Waals surface area contributed by atoms with Crippen molar-refractivity contribution in [2.45, 2.75) is 20.3 Å². The molecule has 1 heterocycles. The zero-order chi connectivity index (χ0) is 18.9. The molecule has 0 saturated carbocycles. The van der Waals surface area contributed by atoms with E-state index in [1.165, 1.54) is 0 Å². The molecule has 1 amide bonds. The average Bonchev–Trinajstić information content (AvgIpc) is 3.02. The first-order chi connectivity index (χ1) is 12.6. The smallest absolute Gasteiger partial charge is 0.251 e. The van der Waals surface area contributed by atoms with Gasteiger partial charge in [0.05, 0.1) is 12.0 Å². The van der Waals surface area contributed by atoms with E-state index < -0.39 is 0 Å². The molecule has 0 bridgehead atoms. The first-order valence-electron chi connectivity index (χ1n) is 8.94. The van der Waals surface area contributed by atoms with Gasteiger partial charge in [0, 0.05) is 25.3 Å². The van der Waals surface area contributed by atoms with E-state index in [9.17, 15) is 4.79 Å². The Kier molecular flexibility index (Phi) is 8.41. The fraction of sp³-hybridized carbons (Fsp3) is 0.526. The van der Waals surface area contributed by atoms with Crippen LogP contribution in [0.2, 0.25) is 0 Å². The molecule has 0 fully saturated rings. The summed E-state index contributed by atoms with van der Waals surface area (Å²) in [6.45, 7) is 8.82. The summed E-state index contributed by atoms with van der Waals surface area (Å²) in [5, 5.41) is 3.79. The van der Waals surface area contributed by atoms with Gasteiger partial charge in [-0.2, -0.15) is 0 Å². The number of furan rings is 1. The summed E-state index contributed by atoms with van der Waals surface area (Å²) in [5.41, 5.74) is 1.13. The van der Waals surface area contributed by atoms with E-state index in [0.29, 0.717) is 41.3 Å². The molecule has 0 atom stereocenters. The summed E-state index contributed by atoms with van der Waals surface area (Å²) in [7, 11) is 1.62. The van der Waals surface area contributed by atoms with Gasteiger partial charge in [0.1, 0.15) is 17.9 Å². The number of rotatable bonds is 11. The van der Waals surface area contributed by atoms with Crippen LogP contribution in [0.5, 0.6) is 5.75 Å². The Hall–Kier alpha value is -1.57. The van der Waals surface area contributed by atoms with E-state index in [1.807, 2.05) is 6.07 Å². The van der Waals surface area contributed by atoms with Crippen molar-refractivity contribution in [3.8, 4) is 5.75 Å². The average molecular weight is 427 g/mol. The highest BCUT2D eigenvalue weighted by Crippen LogP contribution is 2.32. The lowest BCUT2D eigenvalue weighted by molar-refractivity contribution is 0.0951. The number of benzene rings is 1. The summed E-state index contributed by atoms with van der Waals surface area (Å²) < 4.78 is 17.0. The van der Waals surface area contributed by atoms with E-state index >= 15 is 0 Å². The highest BCUT2D eigenvalue weighted by Gasteiger charge is 2.14. The lowest BCUT2D eigenvalue weighted by Crippen LogP contribution is -2.29. The maximum atomic E-state index is 12.5. The SMILES string of the molecule is CCN(CC)CCCNC(=O)c1cc(OCCOC)c2cc(Br)oc2c1. The van der Waals surface area contributed by atoms with Crippen LogP contribution in [0.4, 0.5) is 0 Å².